The summed E-state index contributed by atoms with van der Waals surface area (Å²) < 4.78 is 10.8. The predicted molar refractivity (Wildman–Crippen MR) is 36.5 cm³/mol. The molecule has 8 heavy (non-hydrogen) atoms. The summed E-state index contributed by atoms with van der Waals surface area (Å²) >= 11 is -1.45. The van der Waals surface area contributed by atoms with E-state index in [9.17, 15) is 3.83 Å². The van der Waals surface area contributed by atoms with Gasteiger partial charge in [0, 0.05) is 0 Å². The van der Waals surface area contributed by atoms with Gasteiger partial charge in [-0.1, -0.05) is 0 Å². The second-order valence-electron chi connectivity index (χ2n) is 1.60. The topological polar surface area (TPSA) is 17.1 Å². The van der Waals surface area contributed by atoms with Gasteiger partial charge in [0.2, 0.25) is 0 Å². The van der Waals surface area contributed by atoms with Gasteiger partial charge in [0.05, 0.1) is 0 Å². The molecule has 0 amide bonds. The van der Waals surface area contributed by atoms with Crippen molar-refractivity contribution >= 4 is 13.8 Å². The summed E-state index contributed by atoms with van der Waals surface area (Å²) in [5, 5.41) is 1.65. The van der Waals surface area contributed by atoms with Crippen molar-refractivity contribution in [3.63, 3.8) is 0 Å². The molecule has 48 valence electrons. The van der Waals surface area contributed by atoms with Crippen LogP contribution in [0.3, 0.4) is 0 Å². The minimum atomic E-state index is -1.45. The molecule has 1 nitrogen and oxygen atoms in total. The number of allylic oxidation sites excluding steroid dienone is 1. The zero-order valence-electron chi connectivity index (χ0n) is 5.22. The van der Waals surface area contributed by atoms with Crippen molar-refractivity contribution < 1.29 is 3.83 Å². The zero-order valence-corrected chi connectivity index (χ0v) is 6.94. The van der Waals surface area contributed by atoms with Gasteiger partial charge in [-0.15, -0.1) is 0 Å². The molecular weight excluding hydrogens is 167 g/mol. The first-order chi connectivity index (χ1) is 3.81. The summed E-state index contributed by atoms with van der Waals surface area (Å²) in [5.74, 6) is 0. The molecule has 0 aromatic carbocycles. The van der Waals surface area contributed by atoms with E-state index in [1.54, 1.807) is 6.08 Å². The summed E-state index contributed by atoms with van der Waals surface area (Å²) in [5.41, 5.74) is 0. The maximum absolute atomic E-state index is 10.8. The third-order valence-corrected chi connectivity index (χ3v) is 3.82. The standard InChI is InChI=1S/C6H12OSe/c1-3-5-8(7)6-4-2/h3H,1,4-6H2,2H3. The van der Waals surface area contributed by atoms with Gasteiger partial charge < -0.3 is 0 Å². The van der Waals surface area contributed by atoms with Gasteiger partial charge in [0.1, 0.15) is 0 Å². The molecule has 0 N–H and O–H groups in total. The van der Waals surface area contributed by atoms with Crippen molar-refractivity contribution in [2.24, 2.45) is 0 Å². The van der Waals surface area contributed by atoms with Crippen LogP contribution in [0.1, 0.15) is 13.3 Å². The summed E-state index contributed by atoms with van der Waals surface area (Å²) in [7, 11) is 0. The van der Waals surface area contributed by atoms with E-state index in [4.69, 9.17) is 0 Å². The van der Waals surface area contributed by atoms with Crippen molar-refractivity contribution in [2.75, 3.05) is 0 Å². The fourth-order valence-corrected chi connectivity index (χ4v) is 2.30. The summed E-state index contributed by atoms with van der Waals surface area (Å²) in [4.78, 5) is 0. The van der Waals surface area contributed by atoms with E-state index in [0.29, 0.717) is 0 Å². The van der Waals surface area contributed by atoms with Gasteiger partial charge in [-0.2, -0.15) is 0 Å². The van der Waals surface area contributed by atoms with Gasteiger partial charge in [0.25, 0.3) is 0 Å². The summed E-state index contributed by atoms with van der Waals surface area (Å²) in [6, 6.07) is 0. The Hall–Kier alpha value is 0.0595. The van der Waals surface area contributed by atoms with Gasteiger partial charge >= 0.3 is 54.3 Å². The van der Waals surface area contributed by atoms with E-state index in [0.717, 1.165) is 17.1 Å². The maximum atomic E-state index is 10.8. The number of rotatable bonds is 4. The van der Waals surface area contributed by atoms with E-state index in [1.807, 2.05) is 0 Å². The fraction of sp³-hybridized carbons (Fsp3) is 0.667. The molecule has 0 bridgehead atoms. The summed E-state index contributed by atoms with van der Waals surface area (Å²) in [6.07, 6.45) is 2.79. The van der Waals surface area contributed by atoms with Crippen LogP contribution in [0.5, 0.6) is 0 Å². The third kappa shape index (κ3) is 4.22. The van der Waals surface area contributed by atoms with Gasteiger partial charge in [-0.05, 0) is 0 Å². The Labute approximate surface area is 54.9 Å². The molecule has 0 fully saturated rings. The van der Waals surface area contributed by atoms with E-state index < -0.39 is 13.8 Å². The predicted octanol–water partition coefficient (Wildman–Crippen LogP) is 2.00. The van der Waals surface area contributed by atoms with E-state index >= 15 is 0 Å². The van der Waals surface area contributed by atoms with Crippen LogP contribution in [0, 0.1) is 0 Å². The molecule has 1 atom stereocenters. The van der Waals surface area contributed by atoms with Crippen molar-refractivity contribution in [1.82, 2.24) is 0 Å². The molecule has 0 aliphatic carbocycles. The molecule has 0 radical (unpaired) electrons. The number of hydrogen-bond donors (Lipinski definition) is 0. The minimum absolute atomic E-state index is 0.744. The molecular formula is C6H12OSe. The molecule has 0 saturated heterocycles. The van der Waals surface area contributed by atoms with Crippen LogP contribution in [-0.2, 0) is 3.83 Å². The van der Waals surface area contributed by atoms with Gasteiger partial charge in [0.15, 0.2) is 0 Å². The zero-order chi connectivity index (χ0) is 6.41. The second-order valence-corrected chi connectivity index (χ2v) is 5.00. The Kier molecular flexibility index (Phi) is 5.24. The Balaban J connectivity index is 3.18. The van der Waals surface area contributed by atoms with Crippen LogP contribution in [0.25, 0.3) is 0 Å². The molecule has 0 aliphatic heterocycles. The molecule has 0 aliphatic rings. The first kappa shape index (κ1) is 8.06. The van der Waals surface area contributed by atoms with Crippen LogP contribution in [0.15, 0.2) is 12.7 Å². The molecule has 0 heterocycles. The van der Waals surface area contributed by atoms with Gasteiger partial charge in [-0.3, -0.25) is 0 Å². The van der Waals surface area contributed by atoms with Crippen LogP contribution in [0.2, 0.25) is 10.6 Å². The molecule has 0 aromatic heterocycles. The van der Waals surface area contributed by atoms with Crippen molar-refractivity contribution in [2.45, 2.75) is 24.0 Å². The monoisotopic (exact) mass is 180 g/mol. The first-order valence-electron chi connectivity index (χ1n) is 2.77. The van der Waals surface area contributed by atoms with Gasteiger partial charge in [-0.25, -0.2) is 0 Å². The van der Waals surface area contributed by atoms with Crippen molar-refractivity contribution in [1.29, 1.82) is 0 Å². The van der Waals surface area contributed by atoms with Crippen molar-refractivity contribution in [3.05, 3.63) is 12.7 Å². The van der Waals surface area contributed by atoms with Crippen LogP contribution in [0.4, 0.5) is 0 Å². The quantitative estimate of drug-likeness (QED) is 0.476. The van der Waals surface area contributed by atoms with Crippen molar-refractivity contribution in [3.8, 4) is 0 Å². The Morgan fingerprint density at radius 3 is 2.75 bits per heavy atom. The molecule has 2 heteroatoms. The molecule has 0 spiro atoms. The first-order valence-corrected chi connectivity index (χ1v) is 5.89. The molecule has 0 rings (SSSR count). The van der Waals surface area contributed by atoms with E-state index in [1.165, 1.54) is 0 Å². The summed E-state index contributed by atoms with van der Waals surface area (Å²) in [6.45, 7) is 5.57. The average molecular weight is 179 g/mol. The Morgan fingerprint density at radius 2 is 2.38 bits per heavy atom. The third-order valence-electron chi connectivity index (χ3n) is 0.736. The Bertz CT molecular complexity index is 88.5. The van der Waals surface area contributed by atoms with E-state index in [-0.39, 0.29) is 0 Å². The Morgan fingerprint density at radius 1 is 1.75 bits per heavy atom. The molecule has 1 unspecified atom stereocenters. The normalized spacial score (nSPS) is 13.1. The van der Waals surface area contributed by atoms with Crippen LogP contribution < -0.4 is 0 Å². The molecule has 0 aromatic rings. The van der Waals surface area contributed by atoms with Crippen LogP contribution in [-0.4, -0.2) is 13.8 Å². The van der Waals surface area contributed by atoms with Crippen LogP contribution >= 0.6 is 0 Å². The van der Waals surface area contributed by atoms with E-state index in [2.05, 4.69) is 13.5 Å². The molecule has 0 saturated carbocycles. The second kappa shape index (κ2) is 5.20. The average Bonchev–Trinajstić information content (AvgIpc) is 1.68. The number of hydrogen-bond acceptors (Lipinski definition) is 1. The SMILES string of the molecule is C=CC[Se](=O)CCC. The fourth-order valence-electron chi connectivity index (χ4n) is 0.442.